The second kappa shape index (κ2) is 6.59. The quantitative estimate of drug-likeness (QED) is 0.578. The van der Waals surface area contributed by atoms with Crippen LogP contribution in [-0.2, 0) is 13.0 Å². The number of fused-ring (bicyclic) bond motifs is 2. The summed E-state index contributed by atoms with van der Waals surface area (Å²) in [6, 6.07) is 18.4. The molecule has 0 aliphatic carbocycles. The highest BCUT2D eigenvalue weighted by Gasteiger charge is 2.24. The highest BCUT2D eigenvalue weighted by atomic mass is 16.5. The smallest absolute Gasteiger partial charge is 0.153 e. The van der Waals surface area contributed by atoms with Crippen LogP contribution in [0.15, 0.2) is 65.2 Å². The van der Waals surface area contributed by atoms with E-state index in [1.807, 2.05) is 36.5 Å². The van der Waals surface area contributed by atoms with Gasteiger partial charge in [-0.25, -0.2) is 0 Å². The van der Waals surface area contributed by atoms with Crippen LogP contribution in [0.2, 0.25) is 0 Å². The van der Waals surface area contributed by atoms with E-state index in [1.54, 1.807) is 0 Å². The van der Waals surface area contributed by atoms with E-state index in [0.717, 1.165) is 53.2 Å². The summed E-state index contributed by atoms with van der Waals surface area (Å²) in [5.41, 5.74) is 4.24. The fraction of sp³-hybridized carbons (Fsp3) is 0.227. The van der Waals surface area contributed by atoms with Gasteiger partial charge in [0.25, 0.3) is 0 Å². The van der Waals surface area contributed by atoms with Gasteiger partial charge in [0.15, 0.2) is 5.76 Å². The molecule has 0 fully saturated rings. The van der Waals surface area contributed by atoms with E-state index >= 15 is 0 Å². The summed E-state index contributed by atoms with van der Waals surface area (Å²) < 4.78 is 12.1. The van der Waals surface area contributed by atoms with Crippen LogP contribution < -0.4 is 4.74 Å². The number of furan rings is 1. The summed E-state index contributed by atoms with van der Waals surface area (Å²) in [5.74, 6) is 1.84. The van der Waals surface area contributed by atoms with Gasteiger partial charge in [0.1, 0.15) is 23.1 Å². The summed E-state index contributed by atoms with van der Waals surface area (Å²) in [5, 5.41) is 8.43. The van der Waals surface area contributed by atoms with Crippen molar-refractivity contribution < 1.29 is 9.15 Å². The van der Waals surface area contributed by atoms with Gasteiger partial charge in [-0.2, -0.15) is 5.10 Å². The number of nitrogens with one attached hydrogen (secondary N) is 1. The molecule has 1 aliphatic heterocycles. The Bertz CT molecular complexity index is 1020. The van der Waals surface area contributed by atoms with Gasteiger partial charge in [-0.1, -0.05) is 36.4 Å². The number of hydrogen-bond donors (Lipinski definition) is 1. The lowest BCUT2D eigenvalue weighted by atomic mass is 10.1. The number of H-pyrrole nitrogens is 1. The third-order valence-electron chi connectivity index (χ3n) is 5.06. The van der Waals surface area contributed by atoms with Gasteiger partial charge in [0.05, 0.1) is 6.20 Å². The second-order valence-corrected chi connectivity index (χ2v) is 7.17. The van der Waals surface area contributed by atoms with Crippen LogP contribution in [-0.4, -0.2) is 34.8 Å². The Morgan fingerprint density at radius 1 is 1.15 bits per heavy atom. The van der Waals surface area contributed by atoms with E-state index in [-0.39, 0.29) is 6.10 Å². The third-order valence-corrected chi connectivity index (χ3v) is 5.06. The van der Waals surface area contributed by atoms with E-state index in [0.29, 0.717) is 0 Å². The molecule has 1 N–H and O–H groups in total. The van der Waals surface area contributed by atoms with Crippen molar-refractivity contribution in [2.45, 2.75) is 19.1 Å². The predicted molar refractivity (Wildman–Crippen MR) is 105 cm³/mol. The topological polar surface area (TPSA) is 54.3 Å². The maximum absolute atomic E-state index is 6.07. The number of likely N-dealkylation sites (N-methyl/N-ethyl adjacent to an activating group) is 1. The van der Waals surface area contributed by atoms with Crippen LogP contribution in [0.5, 0.6) is 5.75 Å². The largest absolute Gasteiger partial charge is 0.488 e. The van der Waals surface area contributed by atoms with Crippen LogP contribution in [0.3, 0.4) is 0 Å². The lowest BCUT2D eigenvalue weighted by Gasteiger charge is -2.20. The van der Waals surface area contributed by atoms with Gasteiger partial charge in [0.2, 0.25) is 0 Å². The molecule has 0 spiro atoms. The molecule has 5 rings (SSSR count). The molecule has 2 aromatic heterocycles. The minimum Gasteiger partial charge on any atom is -0.488 e. The maximum Gasteiger partial charge on any atom is 0.153 e. The fourth-order valence-electron chi connectivity index (χ4n) is 3.81. The van der Waals surface area contributed by atoms with Crippen molar-refractivity contribution in [1.29, 1.82) is 0 Å². The van der Waals surface area contributed by atoms with Crippen LogP contribution in [0, 0.1) is 0 Å². The van der Waals surface area contributed by atoms with E-state index in [9.17, 15) is 0 Å². The first-order valence-electron chi connectivity index (χ1n) is 9.20. The minimum atomic E-state index is 0.189. The van der Waals surface area contributed by atoms with Gasteiger partial charge in [-0.15, -0.1) is 0 Å². The highest BCUT2D eigenvalue weighted by Crippen LogP contribution is 2.30. The van der Waals surface area contributed by atoms with E-state index in [4.69, 9.17) is 9.15 Å². The van der Waals surface area contributed by atoms with Crippen molar-refractivity contribution in [2.24, 2.45) is 0 Å². The monoisotopic (exact) mass is 359 g/mol. The molecule has 0 saturated carbocycles. The zero-order valence-electron chi connectivity index (χ0n) is 15.2. The predicted octanol–water partition coefficient (Wildman–Crippen LogP) is 4.26. The average molecular weight is 359 g/mol. The number of aromatic amines is 1. The van der Waals surface area contributed by atoms with Crippen LogP contribution in [0.4, 0.5) is 0 Å². The van der Waals surface area contributed by atoms with Crippen LogP contribution >= 0.6 is 0 Å². The zero-order chi connectivity index (χ0) is 18.2. The minimum absolute atomic E-state index is 0.189. The summed E-state index contributed by atoms with van der Waals surface area (Å²) in [6.07, 6.45) is 3.03. The van der Waals surface area contributed by atoms with E-state index < -0.39 is 0 Å². The summed E-state index contributed by atoms with van der Waals surface area (Å²) in [6.45, 7) is 1.64. The Hall–Kier alpha value is -3.05. The maximum atomic E-state index is 6.07. The number of aromatic nitrogens is 2. The molecule has 1 aliphatic rings. The van der Waals surface area contributed by atoms with Gasteiger partial charge in [-0.3, -0.25) is 10.00 Å². The molecule has 0 amide bonds. The Morgan fingerprint density at radius 3 is 2.89 bits per heavy atom. The molecule has 136 valence electrons. The number of hydrogen-bond acceptors (Lipinski definition) is 4. The standard InChI is InChI=1S/C22H21N3O2/c1-25(14-18-10-15-6-2-4-8-19(15)26-18)13-17-12-23-24-22(17)21-11-16-7-3-5-9-20(16)27-21/h2-9,11-12,18H,10,13-14H2,1H3,(H,23,24). The molecule has 27 heavy (non-hydrogen) atoms. The summed E-state index contributed by atoms with van der Waals surface area (Å²) in [7, 11) is 2.11. The Balaban J connectivity index is 1.30. The molecule has 0 saturated heterocycles. The molecule has 2 aromatic carbocycles. The van der Waals surface area contributed by atoms with Gasteiger partial charge < -0.3 is 9.15 Å². The first kappa shape index (κ1) is 16.1. The summed E-state index contributed by atoms with van der Waals surface area (Å²) in [4.78, 5) is 2.27. The molecule has 5 heteroatoms. The van der Waals surface area contributed by atoms with Gasteiger partial charge in [0, 0.05) is 30.5 Å². The van der Waals surface area contributed by atoms with Crippen molar-refractivity contribution in [3.63, 3.8) is 0 Å². The first-order chi connectivity index (χ1) is 13.3. The number of para-hydroxylation sites is 2. The van der Waals surface area contributed by atoms with E-state index in [1.165, 1.54) is 5.56 Å². The van der Waals surface area contributed by atoms with Crippen LogP contribution in [0.25, 0.3) is 22.4 Å². The first-order valence-corrected chi connectivity index (χ1v) is 9.20. The number of nitrogens with zero attached hydrogens (tertiary/aromatic N) is 2. The van der Waals surface area contributed by atoms with Crippen molar-refractivity contribution in [3.05, 3.63) is 71.9 Å². The van der Waals surface area contributed by atoms with Crippen molar-refractivity contribution in [3.8, 4) is 17.2 Å². The molecule has 1 atom stereocenters. The lowest BCUT2D eigenvalue weighted by molar-refractivity contribution is 0.165. The lowest BCUT2D eigenvalue weighted by Crippen LogP contribution is -2.31. The Kier molecular flexibility index (Phi) is 3.94. The van der Waals surface area contributed by atoms with Crippen molar-refractivity contribution in [1.82, 2.24) is 15.1 Å². The van der Waals surface area contributed by atoms with Gasteiger partial charge in [-0.05, 0) is 30.8 Å². The molecular formula is C22H21N3O2. The highest BCUT2D eigenvalue weighted by molar-refractivity contribution is 5.82. The molecule has 0 radical (unpaired) electrons. The molecule has 5 nitrogen and oxygen atoms in total. The SMILES string of the molecule is CN(Cc1cn[nH]c1-c1cc2ccccc2o1)CC1Cc2ccccc2O1. The number of ether oxygens (including phenoxy) is 1. The van der Waals surface area contributed by atoms with Gasteiger partial charge >= 0.3 is 0 Å². The fourth-order valence-corrected chi connectivity index (χ4v) is 3.81. The van der Waals surface area contributed by atoms with Crippen LogP contribution in [0.1, 0.15) is 11.1 Å². The number of benzene rings is 2. The Labute approximate surface area is 157 Å². The Morgan fingerprint density at radius 2 is 2.00 bits per heavy atom. The van der Waals surface area contributed by atoms with Crippen molar-refractivity contribution in [2.75, 3.05) is 13.6 Å². The van der Waals surface area contributed by atoms with Crippen molar-refractivity contribution >= 4 is 11.0 Å². The zero-order valence-corrected chi connectivity index (χ0v) is 15.2. The third kappa shape index (κ3) is 3.11. The average Bonchev–Trinajstić information content (AvgIpc) is 3.38. The molecule has 0 bridgehead atoms. The molecular weight excluding hydrogens is 338 g/mol. The second-order valence-electron chi connectivity index (χ2n) is 7.17. The summed E-state index contributed by atoms with van der Waals surface area (Å²) >= 11 is 0. The number of rotatable bonds is 5. The van der Waals surface area contributed by atoms with E-state index in [2.05, 4.69) is 46.4 Å². The molecule has 4 aromatic rings. The molecule has 3 heterocycles. The normalized spacial score (nSPS) is 16.0. The molecule has 1 unspecified atom stereocenters.